The van der Waals surface area contributed by atoms with E-state index in [9.17, 15) is 4.79 Å². The van der Waals surface area contributed by atoms with E-state index in [1.807, 2.05) is 0 Å². The third-order valence-corrected chi connectivity index (χ3v) is 4.04. The number of ether oxygens (including phenoxy) is 1. The highest BCUT2D eigenvalue weighted by molar-refractivity contribution is 6.31. The number of aromatic nitrogens is 1. The Kier molecular flexibility index (Phi) is 5.61. The average Bonchev–Trinajstić information content (AvgIpc) is 2.64. The Balaban J connectivity index is 1.71. The first kappa shape index (κ1) is 18.0. The van der Waals surface area contributed by atoms with E-state index in [-0.39, 0.29) is 5.91 Å². The van der Waals surface area contributed by atoms with Crippen LogP contribution in [0.2, 0.25) is 10.0 Å². The number of carbonyl (C=O) groups is 1. The normalized spacial score (nSPS) is 10.3. The molecule has 1 heterocycles. The van der Waals surface area contributed by atoms with Crippen LogP contribution in [0.5, 0.6) is 5.75 Å². The molecule has 1 aromatic heterocycles. The number of methoxy groups -OCH3 is 1. The SMILES string of the molecule is COc1ccc(Cl)cc1Nc1ccc(C(=O)Nc2ccc(Cl)cc2)cn1. The topological polar surface area (TPSA) is 63.2 Å². The summed E-state index contributed by atoms with van der Waals surface area (Å²) in [6.45, 7) is 0. The van der Waals surface area contributed by atoms with Crippen LogP contribution in [0.4, 0.5) is 17.2 Å². The number of anilines is 3. The van der Waals surface area contributed by atoms with Crippen LogP contribution in [0, 0.1) is 0 Å². The number of hydrogen-bond acceptors (Lipinski definition) is 4. The molecule has 0 saturated carbocycles. The molecule has 0 spiro atoms. The zero-order valence-corrected chi connectivity index (χ0v) is 15.3. The molecule has 3 rings (SSSR count). The van der Waals surface area contributed by atoms with Crippen molar-refractivity contribution in [2.45, 2.75) is 0 Å². The second-order valence-corrected chi connectivity index (χ2v) is 6.24. The van der Waals surface area contributed by atoms with Crippen molar-refractivity contribution >= 4 is 46.3 Å². The van der Waals surface area contributed by atoms with Crippen LogP contribution in [0.15, 0.2) is 60.8 Å². The second-order valence-electron chi connectivity index (χ2n) is 5.36. The quantitative estimate of drug-likeness (QED) is 0.615. The van der Waals surface area contributed by atoms with E-state index in [0.717, 1.165) is 0 Å². The Morgan fingerprint density at radius 2 is 1.73 bits per heavy atom. The highest BCUT2D eigenvalue weighted by atomic mass is 35.5. The van der Waals surface area contributed by atoms with Crippen molar-refractivity contribution in [2.75, 3.05) is 17.7 Å². The van der Waals surface area contributed by atoms with Crippen LogP contribution >= 0.6 is 23.2 Å². The minimum atomic E-state index is -0.258. The number of benzene rings is 2. The molecule has 2 aromatic carbocycles. The summed E-state index contributed by atoms with van der Waals surface area (Å²) in [4.78, 5) is 16.5. The molecule has 0 bridgehead atoms. The molecule has 132 valence electrons. The fraction of sp³-hybridized carbons (Fsp3) is 0.0526. The third kappa shape index (κ3) is 4.45. The van der Waals surface area contributed by atoms with E-state index >= 15 is 0 Å². The van der Waals surface area contributed by atoms with E-state index in [1.165, 1.54) is 6.20 Å². The van der Waals surface area contributed by atoms with Crippen LogP contribution in [0.3, 0.4) is 0 Å². The van der Waals surface area contributed by atoms with Gasteiger partial charge >= 0.3 is 0 Å². The number of halogens is 2. The van der Waals surface area contributed by atoms with Crippen molar-refractivity contribution in [3.05, 3.63) is 76.4 Å². The molecule has 0 aliphatic rings. The van der Waals surface area contributed by atoms with E-state index in [4.69, 9.17) is 27.9 Å². The van der Waals surface area contributed by atoms with E-state index in [1.54, 1.807) is 61.7 Å². The van der Waals surface area contributed by atoms with Crippen molar-refractivity contribution in [1.29, 1.82) is 0 Å². The fourth-order valence-electron chi connectivity index (χ4n) is 2.25. The van der Waals surface area contributed by atoms with Gasteiger partial charge in [-0.3, -0.25) is 4.79 Å². The summed E-state index contributed by atoms with van der Waals surface area (Å²) >= 11 is 11.9. The van der Waals surface area contributed by atoms with Crippen LogP contribution in [0.1, 0.15) is 10.4 Å². The lowest BCUT2D eigenvalue weighted by Crippen LogP contribution is -2.12. The summed E-state index contributed by atoms with van der Waals surface area (Å²) < 4.78 is 5.29. The minimum absolute atomic E-state index is 0.258. The van der Waals surface area contributed by atoms with E-state index in [2.05, 4.69) is 15.6 Å². The van der Waals surface area contributed by atoms with Crippen LogP contribution in [-0.2, 0) is 0 Å². The molecule has 0 radical (unpaired) electrons. The molecule has 0 atom stereocenters. The van der Waals surface area contributed by atoms with Gasteiger partial charge in [-0.15, -0.1) is 0 Å². The van der Waals surface area contributed by atoms with Gasteiger partial charge in [-0.05, 0) is 54.6 Å². The molecular formula is C19H15Cl2N3O2. The van der Waals surface area contributed by atoms with Crippen molar-refractivity contribution in [2.24, 2.45) is 0 Å². The smallest absolute Gasteiger partial charge is 0.257 e. The van der Waals surface area contributed by atoms with Crippen molar-refractivity contribution in [3.8, 4) is 5.75 Å². The molecular weight excluding hydrogens is 373 g/mol. The van der Waals surface area contributed by atoms with Gasteiger partial charge in [0.15, 0.2) is 0 Å². The van der Waals surface area contributed by atoms with Gasteiger partial charge < -0.3 is 15.4 Å². The second kappa shape index (κ2) is 8.08. The molecule has 3 aromatic rings. The standard InChI is InChI=1S/C19H15Cl2N3O2/c1-26-17-8-5-14(21)10-16(17)24-18-9-2-12(11-22-18)19(25)23-15-6-3-13(20)4-7-15/h2-11H,1H3,(H,22,24)(H,23,25). The van der Waals surface area contributed by atoms with E-state index in [0.29, 0.717) is 38.6 Å². The number of amides is 1. The third-order valence-electron chi connectivity index (χ3n) is 3.55. The number of hydrogen-bond donors (Lipinski definition) is 2. The fourth-order valence-corrected chi connectivity index (χ4v) is 2.55. The zero-order valence-electron chi connectivity index (χ0n) is 13.8. The summed E-state index contributed by atoms with van der Waals surface area (Å²) in [5.74, 6) is 0.945. The number of nitrogens with zero attached hydrogens (tertiary/aromatic N) is 1. The summed E-state index contributed by atoms with van der Waals surface area (Å²) in [6.07, 6.45) is 1.49. The van der Waals surface area contributed by atoms with Gasteiger partial charge in [-0.1, -0.05) is 23.2 Å². The summed E-state index contributed by atoms with van der Waals surface area (Å²) in [7, 11) is 1.58. The molecule has 0 saturated heterocycles. The lowest BCUT2D eigenvalue weighted by Gasteiger charge is -2.11. The predicted molar refractivity (Wildman–Crippen MR) is 105 cm³/mol. The van der Waals surface area contributed by atoms with Crippen LogP contribution < -0.4 is 15.4 Å². The number of nitrogens with one attached hydrogen (secondary N) is 2. The van der Waals surface area contributed by atoms with Gasteiger partial charge in [-0.2, -0.15) is 0 Å². The van der Waals surface area contributed by atoms with Crippen molar-refractivity contribution in [3.63, 3.8) is 0 Å². The molecule has 0 fully saturated rings. The Labute approximate surface area is 160 Å². The first-order valence-corrected chi connectivity index (χ1v) is 8.44. The number of rotatable bonds is 5. The summed E-state index contributed by atoms with van der Waals surface area (Å²) in [6, 6.07) is 15.5. The maximum absolute atomic E-state index is 12.3. The summed E-state index contributed by atoms with van der Waals surface area (Å²) in [5, 5.41) is 7.09. The van der Waals surface area contributed by atoms with E-state index < -0.39 is 0 Å². The van der Waals surface area contributed by atoms with Gasteiger partial charge in [0, 0.05) is 21.9 Å². The molecule has 1 amide bonds. The van der Waals surface area contributed by atoms with Crippen LogP contribution in [-0.4, -0.2) is 18.0 Å². The highest BCUT2D eigenvalue weighted by Crippen LogP contribution is 2.29. The molecule has 26 heavy (non-hydrogen) atoms. The van der Waals surface area contributed by atoms with Gasteiger partial charge in [0.25, 0.3) is 5.91 Å². The molecule has 0 aliphatic carbocycles. The Bertz CT molecular complexity index is 913. The first-order valence-electron chi connectivity index (χ1n) is 7.69. The van der Waals surface area contributed by atoms with Gasteiger partial charge in [0.1, 0.15) is 11.6 Å². The maximum Gasteiger partial charge on any atom is 0.257 e. The first-order chi connectivity index (χ1) is 12.5. The van der Waals surface area contributed by atoms with Gasteiger partial charge in [0.2, 0.25) is 0 Å². The summed E-state index contributed by atoms with van der Waals surface area (Å²) in [5.41, 5.74) is 1.78. The Morgan fingerprint density at radius 3 is 2.38 bits per heavy atom. The Hall–Kier alpha value is -2.76. The monoisotopic (exact) mass is 387 g/mol. The maximum atomic E-state index is 12.3. The molecule has 0 unspecified atom stereocenters. The lowest BCUT2D eigenvalue weighted by atomic mass is 10.2. The molecule has 0 aliphatic heterocycles. The van der Waals surface area contributed by atoms with Crippen LogP contribution in [0.25, 0.3) is 0 Å². The molecule has 5 nitrogen and oxygen atoms in total. The predicted octanol–water partition coefficient (Wildman–Crippen LogP) is 5.39. The number of pyridine rings is 1. The molecule has 2 N–H and O–H groups in total. The average molecular weight is 388 g/mol. The Morgan fingerprint density at radius 1 is 1.00 bits per heavy atom. The van der Waals surface area contributed by atoms with Crippen molar-refractivity contribution < 1.29 is 9.53 Å². The van der Waals surface area contributed by atoms with Gasteiger partial charge in [-0.25, -0.2) is 4.98 Å². The number of carbonyl (C=O) groups excluding carboxylic acids is 1. The molecule has 7 heteroatoms. The largest absolute Gasteiger partial charge is 0.495 e. The minimum Gasteiger partial charge on any atom is -0.495 e. The highest BCUT2D eigenvalue weighted by Gasteiger charge is 2.09. The zero-order chi connectivity index (χ0) is 18.5. The van der Waals surface area contributed by atoms with Gasteiger partial charge in [0.05, 0.1) is 18.4 Å². The lowest BCUT2D eigenvalue weighted by molar-refractivity contribution is 0.102. The van der Waals surface area contributed by atoms with Crippen molar-refractivity contribution in [1.82, 2.24) is 4.98 Å².